The Bertz CT molecular complexity index is 617. The number of nitrogens with one attached hydrogen (secondary N) is 1. The monoisotopic (exact) mass is 333 g/mol. The van der Waals surface area contributed by atoms with Gasteiger partial charge in [-0.3, -0.25) is 9.59 Å². The van der Waals surface area contributed by atoms with Crippen molar-refractivity contribution in [2.75, 3.05) is 0 Å². The summed E-state index contributed by atoms with van der Waals surface area (Å²) in [5.41, 5.74) is -1.40. The lowest BCUT2D eigenvalue weighted by Crippen LogP contribution is -2.67. The molecule has 0 spiro atoms. The quantitative estimate of drug-likeness (QED) is 0.769. The summed E-state index contributed by atoms with van der Waals surface area (Å²) in [5.74, 6) is -2.38. The molecule has 3 N–H and O–H groups in total. The van der Waals surface area contributed by atoms with Gasteiger partial charge >= 0.3 is 11.9 Å². The second kappa shape index (κ2) is 6.55. The summed E-state index contributed by atoms with van der Waals surface area (Å²) < 4.78 is 0. The largest absolute Gasteiger partial charge is 0.481 e. The van der Waals surface area contributed by atoms with Gasteiger partial charge in [0.2, 0.25) is 0 Å². The van der Waals surface area contributed by atoms with E-state index in [0.29, 0.717) is 12.8 Å². The number of hydrogen-bond acceptors (Lipinski definition) is 3. The standard InChI is InChI=1S/C19H27NO4/c1-5-18(16(21)22)12(3)19(6-2,17(23)24)15(20-13(18)4)14-10-8-7-9-11-14/h7-13,15,20H,5-6H2,1-4H3,(H,21,22)(H,23,24). The first-order valence-electron chi connectivity index (χ1n) is 8.56. The first-order chi connectivity index (χ1) is 11.3. The maximum Gasteiger partial charge on any atom is 0.311 e. The lowest BCUT2D eigenvalue weighted by molar-refractivity contribution is -0.181. The van der Waals surface area contributed by atoms with Crippen molar-refractivity contribution in [3.8, 4) is 0 Å². The molecule has 5 atom stereocenters. The van der Waals surface area contributed by atoms with Gasteiger partial charge in [-0.1, -0.05) is 51.1 Å². The Hall–Kier alpha value is -1.88. The molecular formula is C19H27NO4. The van der Waals surface area contributed by atoms with Crippen molar-refractivity contribution in [1.29, 1.82) is 0 Å². The molecule has 0 radical (unpaired) electrons. The normalized spacial score (nSPS) is 36.2. The Morgan fingerprint density at radius 1 is 1.00 bits per heavy atom. The Morgan fingerprint density at radius 2 is 1.50 bits per heavy atom. The highest BCUT2D eigenvalue weighted by Gasteiger charge is 2.64. The van der Waals surface area contributed by atoms with E-state index in [-0.39, 0.29) is 6.04 Å². The zero-order chi connectivity index (χ0) is 18.1. The van der Waals surface area contributed by atoms with Crippen LogP contribution in [0.25, 0.3) is 0 Å². The summed E-state index contributed by atoms with van der Waals surface area (Å²) in [4.78, 5) is 24.6. The summed E-state index contributed by atoms with van der Waals surface area (Å²) in [6.45, 7) is 7.31. The fraction of sp³-hybridized carbons (Fsp3) is 0.579. The van der Waals surface area contributed by atoms with E-state index >= 15 is 0 Å². The average molecular weight is 333 g/mol. The minimum atomic E-state index is -1.18. The van der Waals surface area contributed by atoms with Crippen LogP contribution in [-0.4, -0.2) is 28.2 Å². The molecule has 1 aliphatic rings. The summed E-state index contributed by atoms with van der Waals surface area (Å²) in [6.07, 6.45) is 0.742. The van der Waals surface area contributed by atoms with Crippen molar-refractivity contribution in [3.63, 3.8) is 0 Å². The van der Waals surface area contributed by atoms with Crippen molar-refractivity contribution in [2.45, 2.75) is 52.6 Å². The molecule has 1 heterocycles. The molecule has 24 heavy (non-hydrogen) atoms. The summed E-state index contributed by atoms with van der Waals surface area (Å²) >= 11 is 0. The van der Waals surface area contributed by atoms with Crippen LogP contribution in [0.1, 0.15) is 52.1 Å². The van der Waals surface area contributed by atoms with E-state index in [0.717, 1.165) is 5.56 Å². The van der Waals surface area contributed by atoms with E-state index in [1.165, 1.54) is 0 Å². The minimum absolute atomic E-state index is 0.334. The first kappa shape index (κ1) is 18.5. The minimum Gasteiger partial charge on any atom is -0.481 e. The van der Waals surface area contributed by atoms with Crippen molar-refractivity contribution < 1.29 is 19.8 Å². The highest BCUT2D eigenvalue weighted by Crippen LogP contribution is 2.57. The molecule has 5 unspecified atom stereocenters. The summed E-state index contributed by atoms with van der Waals surface area (Å²) in [6, 6.07) is 8.71. The van der Waals surface area contributed by atoms with Crippen molar-refractivity contribution in [1.82, 2.24) is 5.32 Å². The van der Waals surface area contributed by atoms with E-state index in [1.807, 2.05) is 51.1 Å². The third-order valence-electron chi connectivity index (χ3n) is 6.35. The second-order valence-corrected chi connectivity index (χ2v) is 6.85. The van der Waals surface area contributed by atoms with Crippen molar-refractivity contribution in [2.24, 2.45) is 16.7 Å². The molecule has 2 rings (SSSR count). The predicted molar refractivity (Wildman–Crippen MR) is 91.7 cm³/mol. The molecule has 1 aromatic rings. The van der Waals surface area contributed by atoms with Crippen LogP contribution in [0.2, 0.25) is 0 Å². The van der Waals surface area contributed by atoms with Gasteiger partial charge in [-0.05, 0) is 31.2 Å². The zero-order valence-electron chi connectivity index (χ0n) is 14.7. The number of carboxylic acid groups (broad SMARTS) is 2. The maximum atomic E-state index is 12.4. The van der Waals surface area contributed by atoms with Crippen molar-refractivity contribution >= 4 is 11.9 Å². The fourth-order valence-electron chi connectivity index (χ4n) is 4.78. The highest BCUT2D eigenvalue weighted by atomic mass is 16.4. The van der Waals surface area contributed by atoms with Gasteiger partial charge in [-0.2, -0.15) is 0 Å². The molecule has 1 aliphatic heterocycles. The molecule has 0 saturated carbocycles. The van der Waals surface area contributed by atoms with Crippen LogP contribution in [0.15, 0.2) is 30.3 Å². The average Bonchev–Trinajstić information content (AvgIpc) is 2.55. The third-order valence-corrected chi connectivity index (χ3v) is 6.35. The van der Waals surface area contributed by atoms with Gasteiger partial charge < -0.3 is 15.5 Å². The van der Waals surface area contributed by atoms with E-state index in [2.05, 4.69) is 5.32 Å². The van der Waals surface area contributed by atoms with Gasteiger partial charge in [0.05, 0.1) is 10.8 Å². The van der Waals surface area contributed by atoms with Crippen LogP contribution >= 0.6 is 0 Å². The van der Waals surface area contributed by atoms with Crippen LogP contribution in [0.5, 0.6) is 0 Å². The summed E-state index contributed by atoms with van der Waals surface area (Å²) in [7, 11) is 0. The third kappa shape index (κ3) is 2.34. The van der Waals surface area contributed by atoms with Gasteiger partial charge in [0.15, 0.2) is 0 Å². The smallest absolute Gasteiger partial charge is 0.311 e. The van der Waals surface area contributed by atoms with Gasteiger partial charge in [0.25, 0.3) is 0 Å². The topological polar surface area (TPSA) is 86.6 Å². The molecule has 132 valence electrons. The molecule has 5 nitrogen and oxygen atoms in total. The molecule has 0 aromatic heterocycles. The molecular weight excluding hydrogens is 306 g/mol. The number of aliphatic carboxylic acids is 2. The number of carboxylic acids is 2. The van der Waals surface area contributed by atoms with E-state index in [4.69, 9.17) is 0 Å². The first-order valence-corrected chi connectivity index (χ1v) is 8.56. The Balaban J connectivity index is 2.69. The zero-order valence-corrected chi connectivity index (χ0v) is 14.7. The SMILES string of the molecule is CCC1(C(=O)O)C(C)NC(c2ccccc2)C(CC)(C(=O)O)C1C. The number of rotatable bonds is 5. The van der Waals surface area contributed by atoms with Gasteiger partial charge in [-0.15, -0.1) is 0 Å². The second-order valence-electron chi connectivity index (χ2n) is 6.85. The van der Waals surface area contributed by atoms with Crippen LogP contribution in [0.3, 0.4) is 0 Å². The molecule has 1 saturated heterocycles. The number of piperidine rings is 1. The fourth-order valence-corrected chi connectivity index (χ4v) is 4.78. The lowest BCUT2D eigenvalue weighted by atomic mass is 9.51. The van der Waals surface area contributed by atoms with Crippen LogP contribution in [0.4, 0.5) is 0 Å². The van der Waals surface area contributed by atoms with E-state index in [9.17, 15) is 19.8 Å². The maximum absolute atomic E-state index is 12.4. The van der Waals surface area contributed by atoms with Gasteiger partial charge in [0, 0.05) is 12.1 Å². The molecule has 5 heteroatoms. The molecule has 0 aliphatic carbocycles. The number of hydrogen-bond donors (Lipinski definition) is 3. The molecule has 1 aromatic carbocycles. The number of benzene rings is 1. The van der Waals surface area contributed by atoms with Crippen LogP contribution < -0.4 is 5.32 Å². The van der Waals surface area contributed by atoms with Crippen LogP contribution in [0, 0.1) is 16.7 Å². The highest BCUT2D eigenvalue weighted by molar-refractivity contribution is 5.82. The molecule has 1 fully saturated rings. The number of carbonyl (C=O) groups is 2. The van der Waals surface area contributed by atoms with Gasteiger partial charge in [-0.25, -0.2) is 0 Å². The predicted octanol–water partition coefficient (Wildman–Crippen LogP) is 3.32. The lowest BCUT2D eigenvalue weighted by Gasteiger charge is -2.56. The molecule has 0 amide bonds. The van der Waals surface area contributed by atoms with Crippen LogP contribution in [-0.2, 0) is 9.59 Å². The summed E-state index contributed by atoms with van der Waals surface area (Å²) in [5, 5.41) is 23.5. The van der Waals surface area contributed by atoms with Crippen molar-refractivity contribution in [3.05, 3.63) is 35.9 Å². The molecule has 0 bridgehead atoms. The Morgan fingerprint density at radius 3 is 1.92 bits per heavy atom. The van der Waals surface area contributed by atoms with E-state index in [1.54, 1.807) is 6.92 Å². The van der Waals surface area contributed by atoms with Gasteiger partial charge in [0.1, 0.15) is 0 Å². The Kier molecular flexibility index (Phi) is 5.04. The Labute approximate surface area is 143 Å². The van der Waals surface area contributed by atoms with E-state index < -0.39 is 34.7 Å².